The Bertz CT molecular complexity index is 395. The van der Waals surface area contributed by atoms with Crippen LogP contribution in [0.3, 0.4) is 0 Å². The molecule has 100 valence electrons. The molecule has 1 unspecified atom stereocenters. The fourth-order valence-electron chi connectivity index (χ4n) is 1.64. The summed E-state index contributed by atoms with van der Waals surface area (Å²) in [5.41, 5.74) is 0.632. The first-order valence-electron chi connectivity index (χ1n) is 6.32. The largest absolute Gasteiger partial charge is 0.351 e. The van der Waals surface area contributed by atoms with Gasteiger partial charge in [-0.2, -0.15) is 0 Å². The molecule has 1 amide bonds. The van der Waals surface area contributed by atoms with Crippen molar-refractivity contribution in [1.82, 2.24) is 10.2 Å². The molecule has 0 bridgehead atoms. The number of amides is 1. The number of rotatable bonds is 6. The molecule has 18 heavy (non-hydrogen) atoms. The fraction of sp³-hybridized carbons (Fsp3) is 0.500. The zero-order chi connectivity index (χ0) is 13.5. The maximum absolute atomic E-state index is 11.9. The van der Waals surface area contributed by atoms with Crippen LogP contribution >= 0.6 is 12.6 Å². The van der Waals surface area contributed by atoms with Crippen LogP contribution in [0.15, 0.2) is 29.2 Å². The number of hydrogen-bond acceptors (Lipinski definition) is 3. The number of thiol groups is 1. The molecule has 1 N–H and O–H groups in total. The molecule has 1 aromatic rings. The van der Waals surface area contributed by atoms with Gasteiger partial charge in [-0.15, -0.1) is 12.6 Å². The molecule has 0 aliphatic heterocycles. The number of nitrogens with zero attached hydrogens (tertiary/aromatic N) is 1. The van der Waals surface area contributed by atoms with E-state index in [1.807, 2.05) is 18.2 Å². The molecule has 1 aromatic carbocycles. The van der Waals surface area contributed by atoms with Crippen molar-refractivity contribution in [3.63, 3.8) is 0 Å². The van der Waals surface area contributed by atoms with Crippen molar-refractivity contribution in [3.05, 3.63) is 29.8 Å². The third-order valence-electron chi connectivity index (χ3n) is 3.24. The van der Waals surface area contributed by atoms with E-state index in [4.69, 9.17) is 0 Å². The van der Waals surface area contributed by atoms with Crippen LogP contribution in [-0.4, -0.2) is 37.0 Å². The number of benzene rings is 1. The van der Waals surface area contributed by atoms with E-state index in [1.54, 1.807) is 6.07 Å². The van der Waals surface area contributed by atoms with Crippen LogP contribution in [0.4, 0.5) is 0 Å². The third kappa shape index (κ3) is 4.35. The number of likely N-dealkylation sites (N-methyl/N-ethyl adjacent to an activating group) is 1. The van der Waals surface area contributed by atoms with E-state index in [9.17, 15) is 4.79 Å². The minimum atomic E-state index is -0.0573. The minimum Gasteiger partial charge on any atom is -0.351 e. The van der Waals surface area contributed by atoms with Gasteiger partial charge < -0.3 is 10.2 Å². The molecule has 0 spiro atoms. The van der Waals surface area contributed by atoms with Crippen LogP contribution in [-0.2, 0) is 0 Å². The van der Waals surface area contributed by atoms with Gasteiger partial charge in [0, 0.05) is 24.0 Å². The van der Waals surface area contributed by atoms with Crippen molar-refractivity contribution in [2.24, 2.45) is 0 Å². The van der Waals surface area contributed by atoms with E-state index in [0.717, 1.165) is 13.0 Å². The standard InChI is InChI=1S/C14H22N2OS/c1-4-11(2)16(3)10-9-15-14(17)12-7-5-6-8-13(12)18/h5-8,11,18H,4,9-10H2,1-3H3,(H,15,17). The normalized spacial score (nSPS) is 12.5. The molecule has 3 nitrogen and oxygen atoms in total. The average Bonchev–Trinajstić information content (AvgIpc) is 2.37. The van der Waals surface area contributed by atoms with Gasteiger partial charge in [0.1, 0.15) is 0 Å². The predicted molar refractivity (Wildman–Crippen MR) is 78.4 cm³/mol. The highest BCUT2D eigenvalue weighted by molar-refractivity contribution is 7.80. The minimum absolute atomic E-state index is 0.0573. The Kier molecular flexibility index (Phi) is 6.22. The number of carbonyl (C=O) groups is 1. The Morgan fingerprint density at radius 3 is 2.72 bits per heavy atom. The van der Waals surface area contributed by atoms with Gasteiger partial charge in [-0.3, -0.25) is 4.79 Å². The Balaban J connectivity index is 2.41. The first-order valence-corrected chi connectivity index (χ1v) is 6.77. The smallest absolute Gasteiger partial charge is 0.252 e. The third-order valence-corrected chi connectivity index (χ3v) is 3.63. The number of carbonyl (C=O) groups excluding carboxylic acids is 1. The van der Waals surface area contributed by atoms with E-state index in [-0.39, 0.29) is 5.91 Å². The van der Waals surface area contributed by atoms with Gasteiger partial charge >= 0.3 is 0 Å². The maximum Gasteiger partial charge on any atom is 0.252 e. The lowest BCUT2D eigenvalue weighted by molar-refractivity contribution is 0.0944. The van der Waals surface area contributed by atoms with Crippen LogP contribution in [0.5, 0.6) is 0 Å². The van der Waals surface area contributed by atoms with Crippen LogP contribution in [0.25, 0.3) is 0 Å². The van der Waals surface area contributed by atoms with Crippen molar-refractivity contribution in [2.75, 3.05) is 20.1 Å². The Hall–Kier alpha value is -1.00. The van der Waals surface area contributed by atoms with Crippen LogP contribution in [0.2, 0.25) is 0 Å². The van der Waals surface area contributed by atoms with Gasteiger partial charge in [0.25, 0.3) is 5.91 Å². The molecule has 0 fully saturated rings. The molecule has 0 heterocycles. The average molecular weight is 266 g/mol. The Morgan fingerprint density at radius 2 is 2.11 bits per heavy atom. The van der Waals surface area contributed by atoms with Gasteiger partial charge in [-0.25, -0.2) is 0 Å². The highest BCUT2D eigenvalue weighted by atomic mass is 32.1. The molecule has 4 heteroatoms. The molecule has 0 radical (unpaired) electrons. The fourth-order valence-corrected chi connectivity index (χ4v) is 1.90. The zero-order valence-corrected chi connectivity index (χ0v) is 12.2. The van der Waals surface area contributed by atoms with E-state index in [0.29, 0.717) is 23.0 Å². The second kappa shape index (κ2) is 7.44. The SMILES string of the molecule is CCC(C)N(C)CCNC(=O)c1ccccc1S. The molecular weight excluding hydrogens is 244 g/mol. The summed E-state index contributed by atoms with van der Waals surface area (Å²) in [6, 6.07) is 7.87. The summed E-state index contributed by atoms with van der Waals surface area (Å²) in [5.74, 6) is -0.0573. The van der Waals surface area contributed by atoms with E-state index in [2.05, 4.69) is 43.7 Å². The van der Waals surface area contributed by atoms with Gasteiger partial charge in [0.2, 0.25) is 0 Å². The van der Waals surface area contributed by atoms with Gasteiger partial charge in [-0.1, -0.05) is 19.1 Å². The lowest BCUT2D eigenvalue weighted by atomic mass is 10.2. The van der Waals surface area contributed by atoms with E-state index >= 15 is 0 Å². The summed E-state index contributed by atoms with van der Waals surface area (Å²) in [4.78, 5) is 14.9. The molecule has 0 saturated heterocycles. The second-order valence-corrected chi connectivity index (χ2v) is 4.99. The second-order valence-electron chi connectivity index (χ2n) is 4.51. The number of nitrogens with one attached hydrogen (secondary N) is 1. The molecular formula is C14H22N2OS. The van der Waals surface area contributed by atoms with Crippen molar-refractivity contribution in [1.29, 1.82) is 0 Å². The summed E-state index contributed by atoms with van der Waals surface area (Å²) in [6.45, 7) is 5.86. The first kappa shape index (κ1) is 15.1. The molecule has 0 saturated carbocycles. The summed E-state index contributed by atoms with van der Waals surface area (Å²) in [7, 11) is 2.08. The van der Waals surface area contributed by atoms with E-state index in [1.165, 1.54) is 0 Å². The summed E-state index contributed by atoms with van der Waals surface area (Å²) in [5, 5.41) is 2.92. The van der Waals surface area contributed by atoms with Crippen molar-refractivity contribution < 1.29 is 4.79 Å². The first-order chi connectivity index (χ1) is 8.56. The molecule has 0 aliphatic rings. The number of hydrogen-bond donors (Lipinski definition) is 2. The molecule has 0 aromatic heterocycles. The van der Waals surface area contributed by atoms with Crippen molar-refractivity contribution >= 4 is 18.5 Å². The highest BCUT2D eigenvalue weighted by Gasteiger charge is 2.09. The zero-order valence-electron chi connectivity index (χ0n) is 11.3. The Labute approximate surface area is 115 Å². The predicted octanol–water partition coefficient (Wildman–Crippen LogP) is 2.44. The van der Waals surface area contributed by atoms with Gasteiger partial charge in [0.15, 0.2) is 0 Å². The van der Waals surface area contributed by atoms with Crippen LogP contribution in [0, 0.1) is 0 Å². The van der Waals surface area contributed by atoms with E-state index < -0.39 is 0 Å². The lowest BCUT2D eigenvalue weighted by Crippen LogP contribution is -2.37. The molecule has 1 atom stereocenters. The molecule has 1 rings (SSSR count). The van der Waals surface area contributed by atoms with Gasteiger partial charge in [0.05, 0.1) is 5.56 Å². The molecule has 0 aliphatic carbocycles. The lowest BCUT2D eigenvalue weighted by Gasteiger charge is -2.23. The quantitative estimate of drug-likeness (QED) is 0.775. The van der Waals surface area contributed by atoms with Crippen LogP contribution < -0.4 is 5.32 Å². The van der Waals surface area contributed by atoms with Crippen LogP contribution in [0.1, 0.15) is 30.6 Å². The highest BCUT2D eigenvalue weighted by Crippen LogP contribution is 2.12. The topological polar surface area (TPSA) is 32.3 Å². The summed E-state index contributed by atoms with van der Waals surface area (Å²) in [6.07, 6.45) is 1.11. The van der Waals surface area contributed by atoms with Crippen molar-refractivity contribution in [2.45, 2.75) is 31.2 Å². The maximum atomic E-state index is 11.9. The summed E-state index contributed by atoms with van der Waals surface area (Å²) < 4.78 is 0. The summed E-state index contributed by atoms with van der Waals surface area (Å²) >= 11 is 4.28. The Morgan fingerprint density at radius 1 is 1.44 bits per heavy atom. The van der Waals surface area contributed by atoms with Gasteiger partial charge in [-0.05, 0) is 32.5 Å². The van der Waals surface area contributed by atoms with Crippen molar-refractivity contribution in [3.8, 4) is 0 Å². The monoisotopic (exact) mass is 266 g/mol.